The second kappa shape index (κ2) is 5.67. The van der Waals surface area contributed by atoms with E-state index < -0.39 is 0 Å². The van der Waals surface area contributed by atoms with Crippen LogP contribution in [0.4, 0.5) is 5.69 Å². The number of hydrogen-bond acceptors (Lipinski definition) is 2. The van der Waals surface area contributed by atoms with Crippen LogP contribution in [0.3, 0.4) is 0 Å². The lowest BCUT2D eigenvalue weighted by Crippen LogP contribution is -1.97. The number of phenolic OH excluding ortho intramolecular Hbond substituents is 1. The van der Waals surface area contributed by atoms with Gasteiger partial charge in [-0.3, -0.25) is 4.99 Å². The van der Waals surface area contributed by atoms with E-state index in [1.807, 2.05) is 65.5 Å². The minimum atomic E-state index is 0.265. The molecule has 0 aliphatic heterocycles. The SMILES string of the molecule is Cc1ccc(N=Cc2cccn2-c2ccc(O)cc2)cc1. The Morgan fingerprint density at radius 3 is 2.38 bits per heavy atom. The summed E-state index contributed by atoms with van der Waals surface area (Å²) in [7, 11) is 0. The Balaban J connectivity index is 1.88. The first-order chi connectivity index (χ1) is 10.2. The summed E-state index contributed by atoms with van der Waals surface area (Å²) in [6.45, 7) is 2.06. The Bertz CT molecular complexity index is 753. The van der Waals surface area contributed by atoms with Crippen molar-refractivity contribution in [1.29, 1.82) is 0 Å². The molecule has 0 bridgehead atoms. The molecule has 1 aromatic heterocycles. The summed E-state index contributed by atoms with van der Waals surface area (Å²) < 4.78 is 2.02. The molecule has 21 heavy (non-hydrogen) atoms. The maximum atomic E-state index is 9.36. The second-order valence-electron chi connectivity index (χ2n) is 4.91. The van der Waals surface area contributed by atoms with Gasteiger partial charge >= 0.3 is 0 Å². The lowest BCUT2D eigenvalue weighted by atomic mass is 10.2. The van der Waals surface area contributed by atoms with E-state index in [0.29, 0.717) is 0 Å². The molecule has 0 amide bonds. The minimum Gasteiger partial charge on any atom is -0.508 e. The van der Waals surface area contributed by atoms with Gasteiger partial charge in [0, 0.05) is 11.9 Å². The van der Waals surface area contributed by atoms with Crippen molar-refractivity contribution in [1.82, 2.24) is 4.57 Å². The van der Waals surface area contributed by atoms with Crippen LogP contribution < -0.4 is 0 Å². The number of phenols is 1. The molecule has 104 valence electrons. The Hall–Kier alpha value is -2.81. The van der Waals surface area contributed by atoms with Gasteiger partial charge < -0.3 is 9.67 Å². The number of aliphatic imine (C=N–C) groups is 1. The van der Waals surface area contributed by atoms with Crippen LogP contribution in [0, 0.1) is 6.92 Å². The van der Waals surface area contributed by atoms with E-state index in [9.17, 15) is 5.11 Å². The highest BCUT2D eigenvalue weighted by molar-refractivity contribution is 5.81. The van der Waals surface area contributed by atoms with Crippen LogP contribution in [-0.2, 0) is 0 Å². The van der Waals surface area contributed by atoms with Crippen molar-refractivity contribution in [2.24, 2.45) is 4.99 Å². The molecule has 3 aromatic rings. The number of aromatic nitrogens is 1. The highest BCUT2D eigenvalue weighted by Crippen LogP contribution is 2.17. The molecule has 3 heteroatoms. The minimum absolute atomic E-state index is 0.265. The maximum absolute atomic E-state index is 9.36. The molecular weight excluding hydrogens is 260 g/mol. The lowest BCUT2D eigenvalue weighted by Gasteiger charge is -2.06. The Kier molecular flexibility index (Phi) is 3.56. The predicted molar refractivity (Wildman–Crippen MR) is 85.9 cm³/mol. The molecule has 0 aliphatic rings. The summed E-state index contributed by atoms with van der Waals surface area (Å²) in [5.41, 5.74) is 4.13. The molecule has 1 heterocycles. The van der Waals surface area contributed by atoms with Crippen LogP contribution in [0.15, 0.2) is 71.9 Å². The van der Waals surface area contributed by atoms with Crippen molar-refractivity contribution in [2.45, 2.75) is 6.92 Å². The molecule has 0 unspecified atom stereocenters. The Labute approximate surface area is 123 Å². The number of benzene rings is 2. The van der Waals surface area contributed by atoms with Crippen LogP contribution in [-0.4, -0.2) is 15.9 Å². The van der Waals surface area contributed by atoms with Gasteiger partial charge in [-0.15, -0.1) is 0 Å². The first-order valence-corrected chi connectivity index (χ1v) is 6.80. The first-order valence-electron chi connectivity index (χ1n) is 6.80. The molecule has 3 nitrogen and oxygen atoms in total. The highest BCUT2D eigenvalue weighted by atomic mass is 16.3. The number of nitrogens with zero attached hydrogens (tertiary/aromatic N) is 2. The lowest BCUT2D eigenvalue weighted by molar-refractivity contribution is 0.475. The molecule has 0 fully saturated rings. The first kappa shape index (κ1) is 13.2. The Morgan fingerprint density at radius 1 is 0.952 bits per heavy atom. The molecule has 2 aromatic carbocycles. The zero-order valence-electron chi connectivity index (χ0n) is 11.8. The quantitative estimate of drug-likeness (QED) is 0.714. The highest BCUT2D eigenvalue weighted by Gasteiger charge is 2.01. The van der Waals surface area contributed by atoms with Crippen molar-refractivity contribution in [3.8, 4) is 11.4 Å². The van der Waals surface area contributed by atoms with Crippen molar-refractivity contribution < 1.29 is 5.11 Å². The predicted octanol–water partition coefficient (Wildman–Crippen LogP) is 4.24. The molecule has 0 saturated heterocycles. The van der Waals surface area contributed by atoms with E-state index in [1.54, 1.807) is 12.1 Å². The standard InChI is InChI=1S/C18H16N2O/c1-14-4-6-15(7-5-14)19-13-17-3-2-12-20(17)16-8-10-18(21)11-9-16/h2-13,21H,1H3. The van der Waals surface area contributed by atoms with E-state index in [4.69, 9.17) is 0 Å². The molecule has 0 aliphatic carbocycles. The fraction of sp³-hybridized carbons (Fsp3) is 0.0556. The third-order valence-electron chi connectivity index (χ3n) is 3.29. The largest absolute Gasteiger partial charge is 0.508 e. The number of aromatic hydroxyl groups is 1. The van der Waals surface area contributed by atoms with E-state index in [0.717, 1.165) is 17.1 Å². The van der Waals surface area contributed by atoms with Crippen molar-refractivity contribution in [2.75, 3.05) is 0 Å². The average molecular weight is 276 g/mol. The number of rotatable bonds is 3. The maximum Gasteiger partial charge on any atom is 0.115 e. The van der Waals surface area contributed by atoms with Crippen LogP contribution in [0.25, 0.3) is 5.69 Å². The average Bonchev–Trinajstić information content (AvgIpc) is 2.96. The normalized spacial score (nSPS) is 11.1. The third kappa shape index (κ3) is 3.03. The Morgan fingerprint density at radius 2 is 1.67 bits per heavy atom. The summed E-state index contributed by atoms with van der Waals surface area (Å²) in [6.07, 6.45) is 3.82. The zero-order chi connectivity index (χ0) is 14.7. The van der Waals surface area contributed by atoms with Gasteiger partial charge in [0.25, 0.3) is 0 Å². The molecule has 3 rings (SSSR count). The van der Waals surface area contributed by atoms with Crippen LogP contribution >= 0.6 is 0 Å². The number of hydrogen-bond donors (Lipinski definition) is 1. The van der Waals surface area contributed by atoms with Crippen molar-refractivity contribution in [3.63, 3.8) is 0 Å². The number of aryl methyl sites for hydroxylation is 1. The molecule has 0 atom stereocenters. The fourth-order valence-corrected chi connectivity index (χ4v) is 2.12. The van der Waals surface area contributed by atoms with E-state index in [2.05, 4.69) is 11.9 Å². The topological polar surface area (TPSA) is 37.5 Å². The van der Waals surface area contributed by atoms with E-state index in [1.165, 1.54) is 5.56 Å². The van der Waals surface area contributed by atoms with E-state index >= 15 is 0 Å². The van der Waals surface area contributed by atoms with Gasteiger partial charge in [0.15, 0.2) is 0 Å². The zero-order valence-corrected chi connectivity index (χ0v) is 11.8. The summed E-state index contributed by atoms with van der Waals surface area (Å²) in [4.78, 5) is 4.50. The van der Waals surface area contributed by atoms with Gasteiger partial charge in [0.1, 0.15) is 5.75 Å². The summed E-state index contributed by atoms with van der Waals surface area (Å²) in [5.74, 6) is 0.265. The monoisotopic (exact) mass is 276 g/mol. The van der Waals surface area contributed by atoms with Crippen LogP contribution in [0.2, 0.25) is 0 Å². The fourth-order valence-electron chi connectivity index (χ4n) is 2.12. The molecular formula is C18H16N2O. The van der Waals surface area contributed by atoms with Gasteiger partial charge in [0.2, 0.25) is 0 Å². The van der Waals surface area contributed by atoms with Gasteiger partial charge in [-0.2, -0.15) is 0 Å². The smallest absolute Gasteiger partial charge is 0.115 e. The van der Waals surface area contributed by atoms with Gasteiger partial charge in [0.05, 0.1) is 17.6 Å². The summed E-state index contributed by atoms with van der Waals surface area (Å²) in [6, 6.07) is 19.2. The van der Waals surface area contributed by atoms with Crippen LogP contribution in [0.5, 0.6) is 5.75 Å². The van der Waals surface area contributed by atoms with Crippen molar-refractivity contribution >= 4 is 11.9 Å². The molecule has 0 radical (unpaired) electrons. The van der Waals surface area contributed by atoms with Gasteiger partial charge in [-0.25, -0.2) is 0 Å². The second-order valence-corrected chi connectivity index (χ2v) is 4.91. The van der Waals surface area contributed by atoms with E-state index in [-0.39, 0.29) is 5.75 Å². The van der Waals surface area contributed by atoms with Gasteiger partial charge in [-0.05, 0) is 55.5 Å². The summed E-state index contributed by atoms with van der Waals surface area (Å²) in [5, 5.41) is 9.36. The summed E-state index contributed by atoms with van der Waals surface area (Å²) >= 11 is 0. The molecule has 1 N–H and O–H groups in total. The molecule has 0 saturated carbocycles. The third-order valence-corrected chi connectivity index (χ3v) is 3.29. The van der Waals surface area contributed by atoms with Gasteiger partial charge in [-0.1, -0.05) is 17.7 Å². The van der Waals surface area contributed by atoms with Crippen molar-refractivity contribution in [3.05, 3.63) is 78.1 Å². The molecule has 0 spiro atoms. The van der Waals surface area contributed by atoms with Crippen LogP contribution in [0.1, 0.15) is 11.3 Å².